The van der Waals surface area contributed by atoms with E-state index in [9.17, 15) is 0 Å². The lowest BCUT2D eigenvalue weighted by Crippen LogP contribution is -2.17. The molecule has 23 heavy (non-hydrogen) atoms. The number of nitrogens with zero attached hydrogens (tertiary/aromatic N) is 1. The van der Waals surface area contributed by atoms with Gasteiger partial charge in [0.1, 0.15) is 0 Å². The van der Waals surface area contributed by atoms with Crippen LogP contribution >= 0.6 is 15.9 Å². The zero-order chi connectivity index (χ0) is 16.1. The SMILES string of the molecule is Cc1ccc(CNCc2ccccc2)n1Cc1ccccc1Br. The third kappa shape index (κ3) is 4.12. The highest BCUT2D eigenvalue weighted by Crippen LogP contribution is 2.19. The zero-order valence-electron chi connectivity index (χ0n) is 13.3. The van der Waals surface area contributed by atoms with Crippen molar-refractivity contribution in [2.24, 2.45) is 0 Å². The number of rotatable bonds is 6. The molecule has 0 spiro atoms. The monoisotopic (exact) mass is 368 g/mol. The van der Waals surface area contributed by atoms with E-state index >= 15 is 0 Å². The summed E-state index contributed by atoms with van der Waals surface area (Å²) < 4.78 is 3.54. The summed E-state index contributed by atoms with van der Waals surface area (Å²) >= 11 is 3.65. The maximum absolute atomic E-state index is 3.65. The van der Waals surface area contributed by atoms with Crippen LogP contribution in [-0.2, 0) is 19.6 Å². The maximum Gasteiger partial charge on any atom is 0.0487 e. The highest BCUT2D eigenvalue weighted by Gasteiger charge is 2.07. The molecule has 0 radical (unpaired) electrons. The Hall–Kier alpha value is -1.84. The number of nitrogens with one attached hydrogen (secondary N) is 1. The lowest BCUT2D eigenvalue weighted by Gasteiger charge is -2.14. The van der Waals surface area contributed by atoms with Crippen molar-refractivity contribution in [3.05, 3.63) is 93.7 Å². The highest BCUT2D eigenvalue weighted by molar-refractivity contribution is 9.10. The summed E-state index contributed by atoms with van der Waals surface area (Å²) in [5.74, 6) is 0. The van der Waals surface area contributed by atoms with Gasteiger partial charge in [0.25, 0.3) is 0 Å². The Morgan fingerprint density at radius 3 is 2.39 bits per heavy atom. The number of benzene rings is 2. The Morgan fingerprint density at radius 1 is 0.870 bits per heavy atom. The fourth-order valence-electron chi connectivity index (χ4n) is 2.73. The van der Waals surface area contributed by atoms with Gasteiger partial charge in [-0.1, -0.05) is 64.5 Å². The second kappa shape index (κ2) is 7.62. The van der Waals surface area contributed by atoms with Crippen molar-refractivity contribution in [1.29, 1.82) is 0 Å². The molecular formula is C20H21BrN2. The Kier molecular flexibility index (Phi) is 5.31. The van der Waals surface area contributed by atoms with Crippen molar-refractivity contribution < 1.29 is 0 Å². The van der Waals surface area contributed by atoms with Gasteiger partial charge in [-0.05, 0) is 36.2 Å². The van der Waals surface area contributed by atoms with Gasteiger partial charge < -0.3 is 9.88 Å². The van der Waals surface area contributed by atoms with Crippen LogP contribution in [0.15, 0.2) is 71.2 Å². The molecule has 3 heteroatoms. The van der Waals surface area contributed by atoms with Gasteiger partial charge in [0, 0.05) is 35.5 Å². The van der Waals surface area contributed by atoms with Crippen LogP contribution in [0.5, 0.6) is 0 Å². The van der Waals surface area contributed by atoms with E-state index < -0.39 is 0 Å². The molecule has 118 valence electrons. The molecule has 1 aromatic heterocycles. The van der Waals surface area contributed by atoms with Crippen LogP contribution in [0.4, 0.5) is 0 Å². The van der Waals surface area contributed by atoms with Crippen molar-refractivity contribution in [3.63, 3.8) is 0 Å². The van der Waals surface area contributed by atoms with E-state index in [0.29, 0.717) is 0 Å². The van der Waals surface area contributed by atoms with Crippen molar-refractivity contribution in [3.8, 4) is 0 Å². The first-order valence-corrected chi connectivity index (χ1v) is 8.66. The Labute approximate surface area is 146 Å². The third-order valence-electron chi connectivity index (χ3n) is 4.05. The van der Waals surface area contributed by atoms with Crippen LogP contribution < -0.4 is 5.32 Å². The van der Waals surface area contributed by atoms with E-state index in [2.05, 4.69) is 99.5 Å². The minimum absolute atomic E-state index is 0.868. The minimum Gasteiger partial charge on any atom is -0.343 e. The standard InChI is InChI=1S/C20H21BrN2/c1-16-11-12-19(14-22-13-17-7-3-2-4-8-17)23(16)15-18-9-5-6-10-20(18)21/h2-12,22H,13-15H2,1H3. The van der Waals surface area contributed by atoms with Crippen molar-refractivity contribution >= 4 is 15.9 Å². The van der Waals surface area contributed by atoms with Gasteiger partial charge in [-0.3, -0.25) is 0 Å². The molecule has 1 heterocycles. The normalized spacial score (nSPS) is 10.9. The molecule has 0 fully saturated rings. The number of hydrogen-bond acceptors (Lipinski definition) is 1. The second-order valence-electron chi connectivity index (χ2n) is 5.73. The first kappa shape index (κ1) is 16.0. The first-order valence-electron chi connectivity index (χ1n) is 7.87. The largest absolute Gasteiger partial charge is 0.343 e. The summed E-state index contributed by atoms with van der Waals surface area (Å²) in [5.41, 5.74) is 5.22. The van der Waals surface area contributed by atoms with Gasteiger partial charge in [-0.25, -0.2) is 0 Å². The fraction of sp³-hybridized carbons (Fsp3) is 0.200. The van der Waals surface area contributed by atoms with Crippen LogP contribution in [-0.4, -0.2) is 4.57 Å². The van der Waals surface area contributed by atoms with Crippen molar-refractivity contribution in [2.45, 2.75) is 26.6 Å². The first-order chi connectivity index (χ1) is 11.2. The van der Waals surface area contributed by atoms with Crippen molar-refractivity contribution in [2.75, 3.05) is 0 Å². The second-order valence-corrected chi connectivity index (χ2v) is 6.59. The highest BCUT2D eigenvalue weighted by atomic mass is 79.9. The molecular weight excluding hydrogens is 348 g/mol. The van der Waals surface area contributed by atoms with Gasteiger partial charge in [0.2, 0.25) is 0 Å². The smallest absolute Gasteiger partial charge is 0.0487 e. The quantitative estimate of drug-likeness (QED) is 0.654. The van der Waals surface area contributed by atoms with Gasteiger partial charge in [-0.15, -0.1) is 0 Å². The number of aryl methyl sites for hydroxylation is 1. The summed E-state index contributed by atoms with van der Waals surface area (Å²) in [6.07, 6.45) is 0. The lowest BCUT2D eigenvalue weighted by atomic mass is 10.2. The Bertz CT molecular complexity index is 762. The number of aromatic nitrogens is 1. The number of hydrogen-bond donors (Lipinski definition) is 1. The van der Waals surface area contributed by atoms with E-state index in [1.165, 1.54) is 22.5 Å². The van der Waals surface area contributed by atoms with Gasteiger partial charge in [0.05, 0.1) is 0 Å². The van der Waals surface area contributed by atoms with Gasteiger partial charge >= 0.3 is 0 Å². The molecule has 0 bridgehead atoms. The number of halogens is 1. The van der Waals surface area contributed by atoms with Crippen LogP contribution in [0.2, 0.25) is 0 Å². The Morgan fingerprint density at radius 2 is 1.61 bits per heavy atom. The molecule has 3 rings (SSSR count). The maximum atomic E-state index is 3.65. The molecule has 3 aromatic rings. The average Bonchev–Trinajstić information content (AvgIpc) is 2.91. The van der Waals surface area contributed by atoms with E-state index in [1.807, 2.05) is 0 Å². The lowest BCUT2D eigenvalue weighted by molar-refractivity contribution is 0.630. The van der Waals surface area contributed by atoms with Crippen LogP contribution in [0, 0.1) is 6.92 Å². The molecule has 0 aliphatic rings. The molecule has 0 saturated carbocycles. The van der Waals surface area contributed by atoms with Gasteiger partial charge in [0.15, 0.2) is 0 Å². The average molecular weight is 369 g/mol. The third-order valence-corrected chi connectivity index (χ3v) is 4.83. The molecule has 0 saturated heterocycles. The predicted octanol–water partition coefficient (Wildman–Crippen LogP) is 4.90. The van der Waals surface area contributed by atoms with E-state index in [4.69, 9.17) is 0 Å². The predicted molar refractivity (Wildman–Crippen MR) is 99.4 cm³/mol. The van der Waals surface area contributed by atoms with Crippen LogP contribution in [0.3, 0.4) is 0 Å². The summed E-state index contributed by atoms with van der Waals surface area (Å²) in [6, 6.07) is 23.3. The summed E-state index contributed by atoms with van der Waals surface area (Å²) in [4.78, 5) is 0. The molecule has 2 aromatic carbocycles. The molecule has 0 unspecified atom stereocenters. The van der Waals surface area contributed by atoms with Crippen molar-refractivity contribution in [1.82, 2.24) is 9.88 Å². The topological polar surface area (TPSA) is 17.0 Å². The summed E-state index contributed by atoms with van der Waals surface area (Å²) in [5, 5.41) is 3.54. The fourth-order valence-corrected chi connectivity index (χ4v) is 3.14. The van der Waals surface area contributed by atoms with E-state index in [1.54, 1.807) is 0 Å². The molecule has 0 aliphatic carbocycles. The van der Waals surface area contributed by atoms with E-state index in [-0.39, 0.29) is 0 Å². The minimum atomic E-state index is 0.868. The summed E-state index contributed by atoms with van der Waals surface area (Å²) in [6.45, 7) is 4.81. The molecule has 2 nitrogen and oxygen atoms in total. The zero-order valence-corrected chi connectivity index (χ0v) is 14.9. The van der Waals surface area contributed by atoms with Crippen LogP contribution in [0.1, 0.15) is 22.5 Å². The molecule has 0 amide bonds. The van der Waals surface area contributed by atoms with Crippen LogP contribution in [0.25, 0.3) is 0 Å². The van der Waals surface area contributed by atoms with Gasteiger partial charge in [-0.2, -0.15) is 0 Å². The molecule has 0 atom stereocenters. The molecule has 0 aliphatic heterocycles. The van der Waals surface area contributed by atoms with E-state index in [0.717, 1.165) is 24.1 Å². The molecule has 1 N–H and O–H groups in total. The Balaban J connectivity index is 1.68. The summed E-state index contributed by atoms with van der Waals surface area (Å²) in [7, 11) is 0.